The van der Waals surface area contributed by atoms with E-state index < -0.39 is 5.97 Å². The fraction of sp³-hybridized carbons (Fsp3) is 0.588. The van der Waals surface area contributed by atoms with Crippen LogP contribution in [0.5, 0.6) is 0 Å². The Morgan fingerprint density at radius 2 is 1.95 bits per heavy atom. The number of benzene rings is 1. The normalized spacial score (nSPS) is 10.9. The highest BCUT2D eigenvalue weighted by molar-refractivity contribution is 5.90. The van der Waals surface area contributed by atoms with Gasteiger partial charge in [-0.25, -0.2) is 4.79 Å². The first-order valence-electron chi connectivity index (χ1n) is 7.77. The number of aromatic carboxylic acids is 1. The number of anilines is 1. The minimum Gasteiger partial charge on any atom is -0.478 e. The molecule has 0 bridgehead atoms. The van der Waals surface area contributed by atoms with E-state index in [2.05, 4.69) is 17.1 Å². The average Bonchev–Trinajstić information content (AvgIpc) is 2.44. The zero-order valence-electron chi connectivity index (χ0n) is 13.7. The van der Waals surface area contributed by atoms with Crippen molar-refractivity contribution in [3.63, 3.8) is 0 Å². The van der Waals surface area contributed by atoms with Gasteiger partial charge in [0.15, 0.2) is 0 Å². The van der Waals surface area contributed by atoms with Crippen LogP contribution < -0.4 is 5.32 Å². The Bertz CT molecular complexity index is 470. The summed E-state index contributed by atoms with van der Waals surface area (Å²) < 4.78 is 0. The minimum absolute atomic E-state index is 0.437. The summed E-state index contributed by atoms with van der Waals surface area (Å²) in [5.74, 6) is -0.835. The molecule has 21 heavy (non-hydrogen) atoms. The maximum Gasteiger partial charge on any atom is 0.335 e. The van der Waals surface area contributed by atoms with Crippen molar-refractivity contribution in [3.8, 4) is 0 Å². The lowest BCUT2D eigenvalue weighted by atomic mass is 9.94. The van der Waals surface area contributed by atoms with Gasteiger partial charge in [0.05, 0.1) is 5.56 Å². The van der Waals surface area contributed by atoms with E-state index in [0.717, 1.165) is 55.6 Å². The Hall–Kier alpha value is -1.55. The second-order valence-corrected chi connectivity index (χ2v) is 5.61. The highest BCUT2D eigenvalue weighted by atomic mass is 16.4. The SMILES string of the molecule is CCCCNc1ccc(C(=O)O)c(CC)c1CCN(C)C. The van der Waals surface area contributed by atoms with E-state index in [9.17, 15) is 9.90 Å². The molecule has 118 valence electrons. The summed E-state index contributed by atoms with van der Waals surface area (Å²) in [6, 6.07) is 3.65. The Balaban J connectivity index is 3.13. The number of nitrogens with one attached hydrogen (secondary N) is 1. The number of hydrogen-bond donors (Lipinski definition) is 2. The summed E-state index contributed by atoms with van der Waals surface area (Å²) in [5.41, 5.74) is 3.65. The number of unbranched alkanes of at least 4 members (excludes halogenated alkanes) is 1. The fourth-order valence-electron chi connectivity index (χ4n) is 2.48. The molecule has 4 nitrogen and oxygen atoms in total. The van der Waals surface area contributed by atoms with E-state index in [-0.39, 0.29) is 0 Å². The second-order valence-electron chi connectivity index (χ2n) is 5.61. The Labute approximate surface area is 128 Å². The third-order valence-corrected chi connectivity index (χ3v) is 3.67. The van der Waals surface area contributed by atoms with Crippen LogP contribution in [0.15, 0.2) is 12.1 Å². The zero-order valence-corrected chi connectivity index (χ0v) is 13.7. The van der Waals surface area contributed by atoms with Gasteiger partial charge in [-0.05, 0) is 56.6 Å². The molecule has 0 radical (unpaired) electrons. The second kappa shape index (κ2) is 8.67. The fourth-order valence-corrected chi connectivity index (χ4v) is 2.48. The summed E-state index contributed by atoms with van der Waals surface area (Å²) in [6.45, 7) is 6.04. The molecule has 0 saturated heterocycles. The largest absolute Gasteiger partial charge is 0.478 e. The summed E-state index contributed by atoms with van der Waals surface area (Å²) in [6.07, 6.45) is 3.88. The monoisotopic (exact) mass is 292 g/mol. The van der Waals surface area contributed by atoms with Gasteiger partial charge in [0.25, 0.3) is 0 Å². The lowest BCUT2D eigenvalue weighted by Crippen LogP contribution is -2.18. The molecule has 2 N–H and O–H groups in total. The van der Waals surface area contributed by atoms with Crippen molar-refractivity contribution in [1.82, 2.24) is 4.90 Å². The number of rotatable bonds is 9. The number of nitrogens with zero attached hydrogens (tertiary/aromatic N) is 1. The van der Waals surface area contributed by atoms with Gasteiger partial charge in [0.2, 0.25) is 0 Å². The Morgan fingerprint density at radius 3 is 2.48 bits per heavy atom. The van der Waals surface area contributed by atoms with Crippen LogP contribution in [-0.4, -0.2) is 43.2 Å². The molecule has 0 aromatic heterocycles. The van der Waals surface area contributed by atoms with Gasteiger partial charge in [-0.2, -0.15) is 0 Å². The number of carbonyl (C=O) groups is 1. The Kier molecular flexibility index (Phi) is 7.23. The summed E-state index contributed by atoms with van der Waals surface area (Å²) >= 11 is 0. The Morgan fingerprint density at radius 1 is 1.24 bits per heavy atom. The first kappa shape index (κ1) is 17.5. The average molecular weight is 292 g/mol. The smallest absolute Gasteiger partial charge is 0.335 e. The molecular weight excluding hydrogens is 264 g/mol. The first-order valence-corrected chi connectivity index (χ1v) is 7.77. The predicted molar refractivity (Wildman–Crippen MR) is 88.4 cm³/mol. The summed E-state index contributed by atoms with van der Waals surface area (Å²) in [5, 5.41) is 12.8. The molecule has 1 aromatic carbocycles. The van der Waals surface area contributed by atoms with E-state index >= 15 is 0 Å². The van der Waals surface area contributed by atoms with Crippen LogP contribution in [0.1, 0.15) is 48.2 Å². The van der Waals surface area contributed by atoms with E-state index in [0.29, 0.717) is 5.56 Å². The highest BCUT2D eigenvalue weighted by Crippen LogP contribution is 2.25. The molecule has 0 unspecified atom stereocenters. The highest BCUT2D eigenvalue weighted by Gasteiger charge is 2.16. The lowest BCUT2D eigenvalue weighted by molar-refractivity contribution is 0.0695. The quantitative estimate of drug-likeness (QED) is 0.686. The van der Waals surface area contributed by atoms with E-state index in [1.807, 2.05) is 27.1 Å². The van der Waals surface area contributed by atoms with Crippen molar-refractivity contribution in [1.29, 1.82) is 0 Å². The van der Waals surface area contributed by atoms with Crippen LogP contribution in [0, 0.1) is 0 Å². The van der Waals surface area contributed by atoms with E-state index in [4.69, 9.17) is 0 Å². The maximum absolute atomic E-state index is 11.4. The van der Waals surface area contributed by atoms with Crippen molar-refractivity contribution in [2.45, 2.75) is 39.5 Å². The van der Waals surface area contributed by atoms with Crippen LogP contribution in [0.4, 0.5) is 5.69 Å². The zero-order chi connectivity index (χ0) is 15.8. The van der Waals surface area contributed by atoms with Crippen molar-refractivity contribution in [3.05, 3.63) is 28.8 Å². The van der Waals surface area contributed by atoms with E-state index in [1.165, 1.54) is 0 Å². The standard InChI is InChI=1S/C17H28N2O2/c1-5-7-11-18-16-9-8-15(17(20)21)13(6-2)14(16)10-12-19(3)4/h8-9,18H,5-7,10-12H2,1-4H3,(H,20,21). The topological polar surface area (TPSA) is 52.6 Å². The van der Waals surface area contributed by atoms with Crippen molar-refractivity contribution < 1.29 is 9.90 Å². The van der Waals surface area contributed by atoms with Crippen molar-refractivity contribution >= 4 is 11.7 Å². The van der Waals surface area contributed by atoms with Gasteiger partial charge in [-0.15, -0.1) is 0 Å². The molecule has 0 amide bonds. The van der Waals surface area contributed by atoms with Gasteiger partial charge >= 0.3 is 5.97 Å². The van der Waals surface area contributed by atoms with Gasteiger partial charge in [-0.3, -0.25) is 0 Å². The lowest BCUT2D eigenvalue weighted by Gasteiger charge is -2.19. The molecule has 0 spiro atoms. The van der Waals surface area contributed by atoms with Crippen LogP contribution in [0.2, 0.25) is 0 Å². The molecule has 1 aromatic rings. The number of hydrogen-bond acceptors (Lipinski definition) is 3. The molecule has 0 aliphatic rings. The van der Waals surface area contributed by atoms with Crippen LogP contribution in [0.25, 0.3) is 0 Å². The molecule has 0 fully saturated rings. The van der Waals surface area contributed by atoms with E-state index in [1.54, 1.807) is 6.07 Å². The third-order valence-electron chi connectivity index (χ3n) is 3.67. The van der Waals surface area contributed by atoms with Gasteiger partial charge in [0.1, 0.15) is 0 Å². The molecule has 0 saturated carbocycles. The molecule has 0 aliphatic carbocycles. The third kappa shape index (κ3) is 5.05. The molecular formula is C17H28N2O2. The summed E-state index contributed by atoms with van der Waals surface area (Å²) in [4.78, 5) is 13.5. The van der Waals surface area contributed by atoms with Gasteiger partial charge < -0.3 is 15.3 Å². The van der Waals surface area contributed by atoms with Crippen LogP contribution in [0.3, 0.4) is 0 Å². The molecule has 0 aliphatic heterocycles. The maximum atomic E-state index is 11.4. The molecule has 1 rings (SSSR count). The number of likely N-dealkylation sites (N-methyl/N-ethyl adjacent to an activating group) is 1. The first-order chi connectivity index (χ1) is 10.0. The number of carboxylic acid groups (broad SMARTS) is 1. The predicted octanol–water partition coefficient (Wildman–Crippen LogP) is 3.26. The molecule has 0 heterocycles. The van der Waals surface area contributed by atoms with Gasteiger partial charge in [-0.1, -0.05) is 20.3 Å². The summed E-state index contributed by atoms with van der Waals surface area (Å²) in [7, 11) is 4.08. The van der Waals surface area contributed by atoms with Crippen molar-refractivity contribution in [2.75, 3.05) is 32.5 Å². The molecule has 4 heteroatoms. The van der Waals surface area contributed by atoms with Crippen molar-refractivity contribution in [2.24, 2.45) is 0 Å². The molecule has 0 atom stereocenters. The number of carboxylic acids is 1. The van der Waals surface area contributed by atoms with Gasteiger partial charge in [0, 0.05) is 18.8 Å². The van der Waals surface area contributed by atoms with Crippen LogP contribution in [-0.2, 0) is 12.8 Å². The van der Waals surface area contributed by atoms with Crippen LogP contribution >= 0.6 is 0 Å². The minimum atomic E-state index is -0.835.